The molecule has 0 atom stereocenters. The van der Waals surface area contributed by atoms with Crippen molar-refractivity contribution in [2.24, 2.45) is 0 Å². The number of para-hydroxylation sites is 1. The molecule has 124 valence electrons. The first kappa shape index (κ1) is 16.5. The fourth-order valence-corrected chi connectivity index (χ4v) is 3.63. The molecule has 0 N–H and O–H groups in total. The van der Waals surface area contributed by atoms with Gasteiger partial charge in [-0.15, -0.1) is 10.2 Å². The standard InChI is InChI=1S/C17H24N4OS/c1-2-22-12-13-23-17-19-18-16(14-20-10-6-7-11-20)21(17)15-8-4-3-5-9-15/h3-5,8-9H,2,6-7,10-14H2,1H3. The quantitative estimate of drug-likeness (QED) is 0.549. The molecule has 1 aromatic heterocycles. The van der Waals surface area contributed by atoms with E-state index in [0.29, 0.717) is 0 Å². The summed E-state index contributed by atoms with van der Waals surface area (Å²) >= 11 is 1.71. The second-order valence-electron chi connectivity index (χ2n) is 5.60. The van der Waals surface area contributed by atoms with Gasteiger partial charge in [-0.05, 0) is 45.0 Å². The van der Waals surface area contributed by atoms with E-state index < -0.39 is 0 Å². The molecule has 0 aliphatic carbocycles. The summed E-state index contributed by atoms with van der Waals surface area (Å²) in [5.41, 5.74) is 1.13. The second-order valence-corrected chi connectivity index (χ2v) is 6.66. The van der Waals surface area contributed by atoms with Gasteiger partial charge in [0.2, 0.25) is 0 Å². The third-order valence-corrected chi connectivity index (χ3v) is 4.83. The summed E-state index contributed by atoms with van der Waals surface area (Å²) in [6, 6.07) is 10.4. The summed E-state index contributed by atoms with van der Waals surface area (Å²) in [5.74, 6) is 1.92. The van der Waals surface area contributed by atoms with E-state index in [1.165, 1.54) is 12.8 Å². The Labute approximate surface area is 142 Å². The van der Waals surface area contributed by atoms with Crippen molar-refractivity contribution in [2.75, 3.05) is 32.1 Å². The summed E-state index contributed by atoms with van der Waals surface area (Å²) in [7, 11) is 0. The molecule has 0 amide bonds. The van der Waals surface area contributed by atoms with E-state index in [4.69, 9.17) is 4.74 Å². The molecule has 2 aromatic rings. The maximum atomic E-state index is 5.43. The van der Waals surface area contributed by atoms with E-state index in [2.05, 4.69) is 43.9 Å². The number of aromatic nitrogens is 3. The lowest BCUT2D eigenvalue weighted by atomic mass is 10.3. The Hall–Kier alpha value is -1.37. The average Bonchev–Trinajstić information content (AvgIpc) is 3.23. The Balaban J connectivity index is 1.79. The third kappa shape index (κ3) is 4.34. The number of hydrogen-bond acceptors (Lipinski definition) is 5. The maximum absolute atomic E-state index is 5.43. The Morgan fingerprint density at radius 2 is 1.91 bits per heavy atom. The van der Waals surface area contributed by atoms with Crippen molar-refractivity contribution < 1.29 is 4.74 Å². The van der Waals surface area contributed by atoms with Gasteiger partial charge in [-0.25, -0.2) is 0 Å². The van der Waals surface area contributed by atoms with E-state index in [1.807, 2.05) is 13.0 Å². The van der Waals surface area contributed by atoms with Crippen LogP contribution in [0.1, 0.15) is 25.6 Å². The molecule has 0 bridgehead atoms. The van der Waals surface area contributed by atoms with Crippen LogP contribution in [0.2, 0.25) is 0 Å². The van der Waals surface area contributed by atoms with Crippen LogP contribution in [0.25, 0.3) is 5.69 Å². The number of hydrogen-bond donors (Lipinski definition) is 0. The molecule has 1 fully saturated rings. The molecule has 0 spiro atoms. The minimum Gasteiger partial charge on any atom is -0.381 e. The van der Waals surface area contributed by atoms with E-state index in [1.54, 1.807) is 11.8 Å². The Bertz CT molecular complexity index is 596. The smallest absolute Gasteiger partial charge is 0.195 e. The molecule has 23 heavy (non-hydrogen) atoms. The van der Waals surface area contributed by atoms with Crippen LogP contribution in [-0.4, -0.2) is 51.7 Å². The zero-order chi connectivity index (χ0) is 15.9. The first-order chi connectivity index (χ1) is 11.4. The highest BCUT2D eigenvalue weighted by Crippen LogP contribution is 2.23. The van der Waals surface area contributed by atoms with Crippen LogP contribution in [0.3, 0.4) is 0 Å². The molecule has 2 heterocycles. The largest absolute Gasteiger partial charge is 0.381 e. The molecular weight excluding hydrogens is 308 g/mol. The third-order valence-electron chi connectivity index (χ3n) is 3.94. The summed E-state index contributed by atoms with van der Waals surface area (Å²) in [4.78, 5) is 2.46. The molecule has 0 radical (unpaired) electrons. The van der Waals surface area contributed by atoms with Gasteiger partial charge in [0, 0.05) is 18.0 Å². The Kier molecular flexibility index (Phi) is 6.07. The van der Waals surface area contributed by atoms with Gasteiger partial charge in [-0.1, -0.05) is 30.0 Å². The summed E-state index contributed by atoms with van der Waals surface area (Å²) in [6.45, 7) is 6.71. The normalized spacial score (nSPS) is 15.3. The van der Waals surface area contributed by atoms with Gasteiger partial charge in [-0.3, -0.25) is 9.47 Å². The van der Waals surface area contributed by atoms with E-state index in [-0.39, 0.29) is 0 Å². The van der Waals surface area contributed by atoms with Crippen molar-refractivity contribution in [3.05, 3.63) is 36.2 Å². The predicted molar refractivity (Wildman–Crippen MR) is 93.1 cm³/mol. The van der Waals surface area contributed by atoms with E-state index in [9.17, 15) is 0 Å². The SMILES string of the molecule is CCOCCSc1nnc(CN2CCCC2)n1-c1ccccc1. The Morgan fingerprint density at radius 3 is 2.65 bits per heavy atom. The van der Waals surface area contributed by atoms with E-state index >= 15 is 0 Å². The molecular formula is C17H24N4OS. The second kappa shape index (κ2) is 8.47. The molecule has 1 aliphatic heterocycles. The lowest BCUT2D eigenvalue weighted by Gasteiger charge is -2.15. The molecule has 1 aromatic carbocycles. The highest BCUT2D eigenvalue weighted by atomic mass is 32.2. The topological polar surface area (TPSA) is 43.2 Å². The van der Waals surface area contributed by atoms with E-state index in [0.717, 1.165) is 55.3 Å². The van der Waals surface area contributed by atoms with Gasteiger partial charge in [-0.2, -0.15) is 0 Å². The zero-order valence-corrected chi connectivity index (χ0v) is 14.5. The van der Waals surface area contributed by atoms with Gasteiger partial charge < -0.3 is 4.74 Å². The number of rotatable bonds is 8. The molecule has 0 unspecified atom stereocenters. The van der Waals surface area contributed by atoms with Gasteiger partial charge in [0.15, 0.2) is 11.0 Å². The van der Waals surface area contributed by atoms with Crippen LogP contribution >= 0.6 is 11.8 Å². The molecule has 3 rings (SSSR count). The molecule has 0 saturated carbocycles. The first-order valence-electron chi connectivity index (χ1n) is 8.31. The minimum atomic E-state index is 0.740. The molecule has 1 saturated heterocycles. The minimum absolute atomic E-state index is 0.740. The van der Waals surface area contributed by atoms with Crippen LogP contribution in [-0.2, 0) is 11.3 Å². The lowest BCUT2D eigenvalue weighted by Crippen LogP contribution is -2.21. The number of benzene rings is 1. The van der Waals surface area contributed by atoms with Gasteiger partial charge in [0.25, 0.3) is 0 Å². The van der Waals surface area contributed by atoms with Crippen molar-refractivity contribution in [2.45, 2.75) is 31.5 Å². The summed E-state index contributed by atoms with van der Waals surface area (Å²) < 4.78 is 7.62. The molecule has 5 nitrogen and oxygen atoms in total. The fourth-order valence-electron chi connectivity index (χ4n) is 2.81. The average molecular weight is 332 g/mol. The van der Waals surface area contributed by atoms with Gasteiger partial charge in [0.1, 0.15) is 0 Å². The van der Waals surface area contributed by atoms with Crippen LogP contribution in [0.15, 0.2) is 35.5 Å². The van der Waals surface area contributed by atoms with Crippen molar-refractivity contribution >= 4 is 11.8 Å². The number of thioether (sulfide) groups is 1. The first-order valence-corrected chi connectivity index (χ1v) is 9.29. The molecule has 1 aliphatic rings. The van der Waals surface area contributed by atoms with Crippen molar-refractivity contribution in [1.29, 1.82) is 0 Å². The Morgan fingerprint density at radius 1 is 1.13 bits per heavy atom. The van der Waals surface area contributed by atoms with Crippen molar-refractivity contribution in [3.63, 3.8) is 0 Å². The van der Waals surface area contributed by atoms with Gasteiger partial charge >= 0.3 is 0 Å². The summed E-state index contributed by atoms with van der Waals surface area (Å²) in [5, 5.41) is 9.84. The maximum Gasteiger partial charge on any atom is 0.195 e. The van der Waals surface area contributed by atoms with Crippen molar-refractivity contribution in [1.82, 2.24) is 19.7 Å². The highest BCUT2D eigenvalue weighted by molar-refractivity contribution is 7.99. The van der Waals surface area contributed by atoms with Crippen LogP contribution < -0.4 is 0 Å². The van der Waals surface area contributed by atoms with Crippen LogP contribution in [0.4, 0.5) is 0 Å². The number of nitrogens with zero attached hydrogens (tertiary/aromatic N) is 4. The summed E-state index contributed by atoms with van der Waals surface area (Å²) in [6.07, 6.45) is 2.57. The highest BCUT2D eigenvalue weighted by Gasteiger charge is 2.19. The monoisotopic (exact) mass is 332 g/mol. The zero-order valence-electron chi connectivity index (χ0n) is 13.6. The van der Waals surface area contributed by atoms with Crippen LogP contribution in [0.5, 0.6) is 0 Å². The number of ether oxygens (including phenoxy) is 1. The molecule has 6 heteroatoms. The van der Waals surface area contributed by atoms with Crippen molar-refractivity contribution in [3.8, 4) is 5.69 Å². The fraction of sp³-hybridized carbons (Fsp3) is 0.529. The van der Waals surface area contributed by atoms with Gasteiger partial charge in [0.05, 0.1) is 13.2 Å². The van der Waals surface area contributed by atoms with Crippen LogP contribution in [0, 0.1) is 0 Å². The number of likely N-dealkylation sites (tertiary alicyclic amines) is 1. The predicted octanol–water partition coefficient (Wildman–Crippen LogP) is 2.99. The lowest BCUT2D eigenvalue weighted by molar-refractivity contribution is 0.164.